The van der Waals surface area contributed by atoms with E-state index in [1.165, 1.54) is 18.9 Å². The molecule has 0 aliphatic heterocycles. The first-order valence-electron chi connectivity index (χ1n) is 5.89. The van der Waals surface area contributed by atoms with E-state index in [0.717, 1.165) is 18.2 Å². The van der Waals surface area contributed by atoms with Crippen LogP contribution in [0.25, 0.3) is 0 Å². The Bertz CT molecular complexity index is 352. The number of nitrogens with zero attached hydrogens (tertiary/aromatic N) is 1. The van der Waals surface area contributed by atoms with E-state index < -0.39 is 0 Å². The lowest BCUT2D eigenvalue weighted by molar-refractivity contribution is 0.617. The molecule has 2 N–H and O–H groups in total. The molecule has 0 aromatic heterocycles. The summed E-state index contributed by atoms with van der Waals surface area (Å²) >= 11 is 0. The zero-order chi connectivity index (χ0) is 11.7. The Morgan fingerprint density at radius 1 is 1.38 bits per heavy atom. The van der Waals surface area contributed by atoms with Crippen LogP contribution in [0.2, 0.25) is 0 Å². The zero-order valence-electron chi connectivity index (χ0n) is 9.91. The molecule has 0 amide bonds. The highest BCUT2D eigenvalue weighted by Gasteiger charge is 2.25. The highest BCUT2D eigenvalue weighted by Crippen LogP contribution is 2.33. The normalized spacial score (nSPS) is 15.5. The Morgan fingerprint density at radius 2 is 2.06 bits per heavy atom. The van der Waals surface area contributed by atoms with Crippen LogP contribution in [0.3, 0.4) is 0 Å². The van der Waals surface area contributed by atoms with Crippen molar-refractivity contribution in [3.63, 3.8) is 0 Å². The van der Waals surface area contributed by atoms with E-state index in [9.17, 15) is 4.39 Å². The van der Waals surface area contributed by atoms with Crippen molar-refractivity contribution in [1.82, 2.24) is 0 Å². The Kier molecular flexibility index (Phi) is 3.03. The Hall–Kier alpha value is -1.25. The lowest BCUT2D eigenvalue weighted by atomic mass is 10.2. The van der Waals surface area contributed by atoms with E-state index in [0.29, 0.717) is 11.7 Å². The topological polar surface area (TPSA) is 29.3 Å². The van der Waals surface area contributed by atoms with Crippen molar-refractivity contribution in [2.45, 2.75) is 32.7 Å². The van der Waals surface area contributed by atoms with Gasteiger partial charge in [0.05, 0.1) is 0 Å². The van der Waals surface area contributed by atoms with Gasteiger partial charge < -0.3 is 10.6 Å². The molecule has 1 saturated carbocycles. The molecular formula is C13H19FN2. The Balaban J connectivity index is 2.22. The van der Waals surface area contributed by atoms with Crippen LogP contribution in [0, 0.1) is 11.7 Å². The maximum atomic E-state index is 13.3. The fraction of sp³-hybridized carbons (Fsp3) is 0.538. The van der Waals surface area contributed by atoms with Crippen LogP contribution in [0.4, 0.5) is 15.8 Å². The SMILES string of the molecule is CC(C)N(CC1CC1)c1cc(N)cc(F)c1. The van der Waals surface area contributed by atoms with Gasteiger partial charge in [-0.3, -0.25) is 0 Å². The first kappa shape index (κ1) is 11.2. The molecule has 1 fully saturated rings. The summed E-state index contributed by atoms with van der Waals surface area (Å²) in [6.07, 6.45) is 2.60. The van der Waals surface area contributed by atoms with Gasteiger partial charge in [0.25, 0.3) is 0 Å². The smallest absolute Gasteiger partial charge is 0.127 e. The number of rotatable bonds is 4. The molecule has 0 bridgehead atoms. The van der Waals surface area contributed by atoms with Crippen LogP contribution in [0.5, 0.6) is 0 Å². The van der Waals surface area contributed by atoms with E-state index in [1.807, 2.05) is 6.07 Å². The summed E-state index contributed by atoms with van der Waals surface area (Å²) in [6.45, 7) is 5.27. The second-order valence-electron chi connectivity index (χ2n) is 4.93. The minimum Gasteiger partial charge on any atom is -0.399 e. The van der Waals surface area contributed by atoms with Crippen LogP contribution in [0.1, 0.15) is 26.7 Å². The average Bonchev–Trinajstić information content (AvgIpc) is 2.95. The molecule has 3 heteroatoms. The monoisotopic (exact) mass is 222 g/mol. The van der Waals surface area contributed by atoms with E-state index in [4.69, 9.17) is 5.73 Å². The molecule has 0 heterocycles. The highest BCUT2D eigenvalue weighted by molar-refractivity contribution is 5.57. The number of halogens is 1. The van der Waals surface area contributed by atoms with Crippen molar-refractivity contribution in [3.8, 4) is 0 Å². The van der Waals surface area contributed by atoms with Crippen molar-refractivity contribution < 1.29 is 4.39 Å². The van der Waals surface area contributed by atoms with E-state index in [1.54, 1.807) is 6.07 Å². The summed E-state index contributed by atoms with van der Waals surface area (Å²) in [6, 6.07) is 5.16. The van der Waals surface area contributed by atoms with Crippen LogP contribution >= 0.6 is 0 Å². The first-order chi connectivity index (χ1) is 7.56. The van der Waals surface area contributed by atoms with Gasteiger partial charge in [-0.25, -0.2) is 4.39 Å². The van der Waals surface area contributed by atoms with Gasteiger partial charge in [-0.15, -0.1) is 0 Å². The summed E-state index contributed by atoms with van der Waals surface area (Å²) in [4.78, 5) is 2.23. The lowest BCUT2D eigenvalue weighted by Gasteiger charge is -2.29. The molecule has 1 aliphatic carbocycles. The number of hydrogen-bond acceptors (Lipinski definition) is 2. The largest absolute Gasteiger partial charge is 0.399 e. The average molecular weight is 222 g/mol. The first-order valence-corrected chi connectivity index (χ1v) is 5.89. The number of anilines is 2. The molecular weight excluding hydrogens is 203 g/mol. The van der Waals surface area contributed by atoms with Gasteiger partial charge in [-0.05, 0) is 50.8 Å². The van der Waals surface area contributed by atoms with Crippen LogP contribution < -0.4 is 10.6 Å². The van der Waals surface area contributed by atoms with Gasteiger partial charge in [-0.1, -0.05) is 0 Å². The lowest BCUT2D eigenvalue weighted by Crippen LogP contribution is -2.32. The van der Waals surface area contributed by atoms with Gasteiger partial charge in [-0.2, -0.15) is 0 Å². The predicted octanol–water partition coefficient (Wildman–Crippen LogP) is 3.03. The number of nitrogens with two attached hydrogens (primary N) is 1. The summed E-state index contributed by atoms with van der Waals surface area (Å²) < 4.78 is 13.3. The third kappa shape index (κ3) is 2.65. The molecule has 1 aromatic rings. The molecule has 2 rings (SSSR count). The third-order valence-electron chi connectivity index (χ3n) is 3.01. The van der Waals surface area contributed by atoms with Crippen LogP contribution in [-0.2, 0) is 0 Å². The summed E-state index contributed by atoms with van der Waals surface area (Å²) in [5.74, 6) is 0.531. The molecule has 88 valence electrons. The zero-order valence-corrected chi connectivity index (χ0v) is 9.91. The molecule has 0 saturated heterocycles. The number of hydrogen-bond donors (Lipinski definition) is 1. The fourth-order valence-electron chi connectivity index (χ4n) is 1.96. The minimum atomic E-state index is -0.253. The van der Waals surface area contributed by atoms with Crippen molar-refractivity contribution in [3.05, 3.63) is 24.0 Å². The second kappa shape index (κ2) is 4.32. The van der Waals surface area contributed by atoms with Crippen LogP contribution in [-0.4, -0.2) is 12.6 Å². The van der Waals surface area contributed by atoms with Crippen LogP contribution in [0.15, 0.2) is 18.2 Å². The Labute approximate surface area is 96.2 Å². The van der Waals surface area contributed by atoms with E-state index >= 15 is 0 Å². The van der Waals surface area contributed by atoms with Crippen molar-refractivity contribution in [2.24, 2.45) is 5.92 Å². The van der Waals surface area contributed by atoms with Gasteiger partial charge in [0.15, 0.2) is 0 Å². The second-order valence-corrected chi connectivity index (χ2v) is 4.93. The third-order valence-corrected chi connectivity index (χ3v) is 3.01. The maximum Gasteiger partial charge on any atom is 0.127 e. The van der Waals surface area contributed by atoms with E-state index in [-0.39, 0.29) is 5.82 Å². The van der Waals surface area contributed by atoms with Crippen molar-refractivity contribution >= 4 is 11.4 Å². The molecule has 1 aromatic carbocycles. The number of benzene rings is 1. The van der Waals surface area contributed by atoms with Gasteiger partial charge in [0.2, 0.25) is 0 Å². The summed E-state index contributed by atoms with van der Waals surface area (Å²) in [5.41, 5.74) is 7.08. The number of nitrogen functional groups attached to an aromatic ring is 1. The maximum absolute atomic E-state index is 13.3. The molecule has 2 nitrogen and oxygen atoms in total. The summed E-state index contributed by atoms with van der Waals surface area (Å²) in [7, 11) is 0. The molecule has 0 unspecified atom stereocenters. The van der Waals surface area contributed by atoms with Crippen molar-refractivity contribution in [2.75, 3.05) is 17.2 Å². The minimum absolute atomic E-state index is 0.253. The van der Waals surface area contributed by atoms with Crippen molar-refractivity contribution in [1.29, 1.82) is 0 Å². The standard InChI is InChI=1S/C13H19FN2/c1-9(2)16(8-10-3-4-10)13-6-11(14)5-12(15)7-13/h5-7,9-10H,3-4,8,15H2,1-2H3. The quantitative estimate of drug-likeness (QED) is 0.793. The van der Waals surface area contributed by atoms with Gasteiger partial charge in [0.1, 0.15) is 5.82 Å². The molecule has 0 atom stereocenters. The molecule has 0 radical (unpaired) electrons. The fourth-order valence-corrected chi connectivity index (χ4v) is 1.96. The summed E-state index contributed by atoms with van der Waals surface area (Å²) in [5, 5.41) is 0. The molecule has 1 aliphatic rings. The van der Waals surface area contributed by atoms with E-state index in [2.05, 4.69) is 18.7 Å². The highest BCUT2D eigenvalue weighted by atomic mass is 19.1. The Morgan fingerprint density at radius 3 is 2.56 bits per heavy atom. The van der Waals surface area contributed by atoms with Gasteiger partial charge >= 0.3 is 0 Å². The molecule has 0 spiro atoms. The van der Waals surface area contributed by atoms with Gasteiger partial charge in [0, 0.05) is 24.0 Å². The predicted molar refractivity (Wildman–Crippen MR) is 66.0 cm³/mol. The molecule has 16 heavy (non-hydrogen) atoms.